The summed E-state index contributed by atoms with van der Waals surface area (Å²) in [5.74, 6) is -0.0165. The molecule has 4 nitrogen and oxygen atoms in total. The molecule has 0 spiro atoms. The fourth-order valence-corrected chi connectivity index (χ4v) is 2.12. The van der Waals surface area contributed by atoms with Gasteiger partial charge in [-0.3, -0.25) is 4.79 Å². The van der Waals surface area contributed by atoms with Crippen LogP contribution in [0.3, 0.4) is 0 Å². The number of aromatic hydroxyl groups is 1. The van der Waals surface area contributed by atoms with Crippen LogP contribution in [0.15, 0.2) is 18.2 Å². The van der Waals surface area contributed by atoms with Gasteiger partial charge in [-0.1, -0.05) is 6.07 Å². The Bertz CT molecular complexity index is 431. The molecule has 1 heterocycles. The fraction of sp³-hybridized carbons (Fsp3) is 0.462. The molecule has 1 amide bonds. The van der Waals surface area contributed by atoms with Crippen LogP contribution in [-0.2, 0) is 0 Å². The number of amides is 1. The molecule has 0 unspecified atom stereocenters. The molecular formula is C13H18N2O2. The molecule has 0 aliphatic carbocycles. The Kier molecular flexibility index (Phi) is 3.33. The van der Waals surface area contributed by atoms with Gasteiger partial charge < -0.3 is 15.3 Å². The molecular weight excluding hydrogens is 216 g/mol. The largest absolute Gasteiger partial charge is 0.507 e. The second kappa shape index (κ2) is 4.75. The first-order chi connectivity index (χ1) is 8.09. The van der Waals surface area contributed by atoms with Crippen LogP contribution in [0.25, 0.3) is 0 Å². The Morgan fingerprint density at radius 3 is 2.94 bits per heavy atom. The maximum absolute atomic E-state index is 12.3. The molecule has 1 atom stereocenters. The highest BCUT2D eigenvalue weighted by Gasteiger charge is 2.25. The first-order valence-electron chi connectivity index (χ1n) is 5.91. The number of nitrogens with zero attached hydrogens (tertiary/aromatic N) is 1. The monoisotopic (exact) mass is 234 g/mol. The Labute approximate surface area is 101 Å². The van der Waals surface area contributed by atoms with Gasteiger partial charge in [0.15, 0.2) is 0 Å². The van der Waals surface area contributed by atoms with Crippen LogP contribution in [-0.4, -0.2) is 41.6 Å². The topological polar surface area (TPSA) is 52.6 Å². The summed E-state index contributed by atoms with van der Waals surface area (Å²) in [7, 11) is 0. The zero-order valence-corrected chi connectivity index (χ0v) is 10.2. The van der Waals surface area contributed by atoms with Gasteiger partial charge in [-0.2, -0.15) is 0 Å². The SMILES string of the molecule is Cc1ccc(C(=O)N2CCNC[C@@H]2C)c(O)c1. The van der Waals surface area contributed by atoms with E-state index in [2.05, 4.69) is 5.32 Å². The number of nitrogens with one attached hydrogen (secondary N) is 1. The van der Waals surface area contributed by atoms with Gasteiger partial charge in [0.2, 0.25) is 0 Å². The maximum atomic E-state index is 12.3. The van der Waals surface area contributed by atoms with Crippen molar-refractivity contribution in [2.45, 2.75) is 19.9 Å². The minimum atomic E-state index is -0.0866. The van der Waals surface area contributed by atoms with E-state index in [4.69, 9.17) is 0 Å². The van der Waals surface area contributed by atoms with Crippen molar-refractivity contribution < 1.29 is 9.90 Å². The van der Waals surface area contributed by atoms with Gasteiger partial charge in [-0.25, -0.2) is 0 Å². The van der Waals surface area contributed by atoms with Crippen LogP contribution >= 0.6 is 0 Å². The minimum absolute atomic E-state index is 0.0701. The summed E-state index contributed by atoms with van der Waals surface area (Å²) in [6.07, 6.45) is 0. The van der Waals surface area contributed by atoms with Gasteiger partial charge in [0.1, 0.15) is 5.75 Å². The summed E-state index contributed by atoms with van der Waals surface area (Å²) >= 11 is 0. The summed E-state index contributed by atoms with van der Waals surface area (Å²) in [5.41, 5.74) is 1.34. The lowest BCUT2D eigenvalue weighted by Crippen LogP contribution is -2.52. The van der Waals surface area contributed by atoms with E-state index in [-0.39, 0.29) is 17.7 Å². The average Bonchev–Trinajstić information content (AvgIpc) is 2.29. The summed E-state index contributed by atoms with van der Waals surface area (Å²) in [6, 6.07) is 5.33. The van der Waals surface area contributed by atoms with E-state index in [0.717, 1.165) is 18.7 Å². The summed E-state index contributed by atoms with van der Waals surface area (Å²) < 4.78 is 0. The number of hydrogen-bond acceptors (Lipinski definition) is 3. The average molecular weight is 234 g/mol. The van der Waals surface area contributed by atoms with Crippen molar-refractivity contribution in [3.8, 4) is 5.75 Å². The zero-order valence-electron chi connectivity index (χ0n) is 10.2. The number of hydrogen-bond donors (Lipinski definition) is 2. The standard InChI is InChI=1S/C13H18N2O2/c1-9-3-4-11(12(16)7-9)13(17)15-6-5-14-8-10(15)2/h3-4,7,10,14,16H,5-6,8H2,1-2H3/t10-/m0/s1. The van der Waals surface area contributed by atoms with Crippen LogP contribution in [0.2, 0.25) is 0 Å². The van der Waals surface area contributed by atoms with E-state index >= 15 is 0 Å². The summed E-state index contributed by atoms with van der Waals surface area (Å²) in [4.78, 5) is 14.1. The number of phenols is 1. The zero-order chi connectivity index (χ0) is 12.4. The number of benzene rings is 1. The molecule has 1 aromatic carbocycles. The van der Waals surface area contributed by atoms with Gasteiger partial charge >= 0.3 is 0 Å². The third-order valence-corrected chi connectivity index (χ3v) is 3.15. The Hall–Kier alpha value is -1.55. The Morgan fingerprint density at radius 1 is 1.53 bits per heavy atom. The lowest BCUT2D eigenvalue weighted by molar-refractivity contribution is 0.0652. The predicted molar refractivity (Wildman–Crippen MR) is 66.2 cm³/mol. The normalized spacial score (nSPS) is 20.4. The molecule has 2 N–H and O–H groups in total. The second-order valence-electron chi connectivity index (χ2n) is 4.57. The highest BCUT2D eigenvalue weighted by atomic mass is 16.3. The molecule has 0 radical (unpaired) electrons. The highest BCUT2D eigenvalue weighted by molar-refractivity contribution is 5.97. The lowest BCUT2D eigenvalue weighted by atomic mass is 10.1. The Morgan fingerprint density at radius 2 is 2.29 bits per heavy atom. The van der Waals surface area contributed by atoms with E-state index in [9.17, 15) is 9.90 Å². The smallest absolute Gasteiger partial charge is 0.257 e. The number of rotatable bonds is 1. The molecule has 4 heteroatoms. The van der Waals surface area contributed by atoms with Gasteiger partial charge in [0.25, 0.3) is 5.91 Å². The first-order valence-corrected chi connectivity index (χ1v) is 5.91. The van der Waals surface area contributed by atoms with Crippen LogP contribution in [0.1, 0.15) is 22.8 Å². The van der Waals surface area contributed by atoms with Crippen LogP contribution in [0.4, 0.5) is 0 Å². The van der Waals surface area contributed by atoms with Crippen molar-refractivity contribution in [1.82, 2.24) is 10.2 Å². The van der Waals surface area contributed by atoms with E-state index in [1.54, 1.807) is 17.0 Å². The number of piperazine rings is 1. The molecule has 1 aliphatic rings. The predicted octanol–water partition coefficient (Wildman–Crippen LogP) is 1.13. The second-order valence-corrected chi connectivity index (χ2v) is 4.57. The van der Waals surface area contributed by atoms with Crippen molar-refractivity contribution in [1.29, 1.82) is 0 Å². The molecule has 2 rings (SSSR count). The Balaban J connectivity index is 2.24. The van der Waals surface area contributed by atoms with E-state index in [1.165, 1.54) is 0 Å². The number of carbonyl (C=O) groups is 1. The third-order valence-electron chi connectivity index (χ3n) is 3.15. The molecule has 1 saturated heterocycles. The number of carbonyl (C=O) groups excluding carboxylic acids is 1. The molecule has 1 aliphatic heterocycles. The van der Waals surface area contributed by atoms with Crippen LogP contribution in [0, 0.1) is 6.92 Å². The van der Waals surface area contributed by atoms with Crippen molar-refractivity contribution in [3.05, 3.63) is 29.3 Å². The lowest BCUT2D eigenvalue weighted by Gasteiger charge is -2.34. The van der Waals surface area contributed by atoms with Crippen LogP contribution < -0.4 is 5.32 Å². The maximum Gasteiger partial charge on any atom is 0.257 e. The fourth-order valence-electron chi connectivity index (χ4n) is 2.12. The van der Waals surface area contributed by atoms with Crippen molar-refractivity contribution in [2.75, 3.05) is 19.6 Å². The highest BCUT2D eigenvalue weighted by Crippen LogP contribution is 2.21. The molecule has 0 aromatic heterocycles. The quantitative estimate of drug-likeness (QED) is 0.766. The van der Waals surface area contributed by atoms with Gasteiger partial charge in [-0.15, -0.1) is 0 Å². The third kappa shape index (κ3) is 2.42. The van der Waals surface area contributed by atoms with E-state index < -0.39 is 0 Å². The van der Waals surface area contributed by atoms with Gasteiger partial charge in [0, 0.05) is 25.7 Å². The minimum Gasteiger partial charge on any atom is -0.507 e. The van der Waals surface area contributed by atoms with E-state index in [1.807, 2.05) is 19.9 Å². The van der Waals surface area contributed by atoms with Gasteiger partial charge in [0.05, 0.1) is 5.56 Å². The van der Waals surface area contributed by atoms with Gasteiger partial charge in [-0.05, 0) is 31.5 Å². The van der Waals surface area contributed by atoms with Crippen molar-refractivity contribution in [2.24, 2.45) is 0 Å². The van der Waals surface area contributed by atoms with E-state index in [0.29, 0.717) is 12.1 Å². The van der Waals surface area contributed by atoms with Crippen LogP contribution in [0.5, 0.6) is 5.75 Å². The molecule has 0 bridgehead atoms. The molecule has 17 heavy (non-hydrogen) atoms. The molecule has 92 valence electrons. The number of phenolic OH excluding ortho intramolecular Hbond substituents is 1. The molecule has 1 aromatic rings. The number of aryl methyl sites for hydroxylation is 1. The first kappa shape index (κ1) is 11.9. The van der Waals surface area contributed by atoms with Crippen molar-refractivity contribution in [3.63, 3.8) is 0 Å². The van der Waals surface area contributed by atoms with Crippen molar-refractivity contribution >= 4 is 5.91 Å². The summed E-state index contributed by atoms with van der Waals surface area (Å²) in [6.45, 7) is 6.20. The molecule has 0 saturated carbocycles. The summed E-state index contributed by atoms with van der Waals surface area (Å²) in [5, 5.41) is 13.1. The molecule has 1 fully saturated rings.